The molecular formula is C18H36N2. The molecule has 0 spiro atoms. The lowest BCUT2D eigenvalue weighted by Crippen LogP contribution is -2.49. The van der Waals surface area contributed by atoms with Crippen molar-refractivity contribution in [2.75, 3.05) is 26.2 Å². The van der Waals surface area contributed by atoms with Crippen LogP contribution in [-0.4, -0.2) is 37.1 Å². The first-order valence-electron chi connectivity index (χ1n) is 9.10. The third-order valence-corrected chi connectivity index (χ3v) is 5.66. The number of rotatable bonds is 5. The van der Waals surface area contributed by atoms with Gasteiger partial charge in [-0.25, -0.2) is 0 Å². The molecule has 2 rings (SSSR count). The van der Waals surface area contributed by atoms with Gasteiger partial charge in [0.05, 0.1) is 0 Å². The normalized spacial score (nSPS) is 36.8. The molecule has 1 N–H and O–H groups in total. The van der Waals surface area contributed by atoms with E-state index in [1.165, 1.54) is 71.0 Å². The smallest absolute Gasteiger partial charge is 0.00671 e. The lowest BCUT2D eigenvalue weighted by molar-refractivity contribution is 0.0630. The molecule has 20 heavy (non-hydrogen) atoms. The lowest BCUT2D eigenvalue weighted by Gasteiger charge is -2.45. The Labute approximate surface area is 126 Å². The van der Waals surface area contributed by atoms with Crippen LogP contribution < -0.4 is 5.32 Å². The fourth-order valence-electron chi connectivity index (χ4n) is 4.52. The van der Waals surface area contributed by atoms with Crippen molar-refractivity contribution in [2.24, 2.45) is 11.3 Å². The third kappa shape index (κ3) is 4.46. The van der Waals surface area contributed by atoms with Gasteiger partial charge in [-0.05, 0) is 57.0 Å². The van der Waals surface area contributed by atoms with Crippen LogP contribution >= 0.6 is 0 Å². The average molecular weight is 280 g/mol. The fourth-order valence-corrected chi connectivity index (χ4v) is 4.52. The van der Waals surface area contributed by atoms with Crippen LogP contribution in [0.15, 0.2) is 0 Å². The summed E-state index contributed by atoms with van der Waals surface area (Å²) in [6, 6.07) is 0.799. The average Bonchev–Trinajstić information content (AvgIpc) is 2.62. The van der Waals surface area contributed by atoms with E-state index in [1.807, 2.05) is 0 Å². The minimum atomic E-state index is 0.548. The van der Waals surface area contributed by atoms with E-state index in [4.69, 9.17) is 0 Å². The van der Waals surface area contributed by atoms with Gasteiger partial charge in [0.2, 0.25) is 0 Å². The minimum absolute atomic E-state index is 0.548. The summed E-state index contributed by atoms with van der Waals surface area (Å²) < 4.78 is 0. The van der Waals surface area contributed by atoms with Crippen molar-refractivity contribution in [3.63, 3.8) is 0 Å². The van der Waals surface area contributed by atoms with Crippen LogP contribution in [-0.2, 0) is 0 Å². The van der Waals surface area contributed by atoms with E-state index in [0.29, 0.717) is 5.41 Å². The predicted octanol–water partition coefficient (Wildman–Crippen LogP) is 4.06. The van der Waals surface area contributed by atoms with E-state index in [9.17, 15) is 0 Å². The molecule has 0 radical (unpaired) electrons. The summed E-state index contributed by atoms with van der Waals surface area (Å²) in [7, 11) is 0. The quantitative estimate of drug-likeness (QED) is 0.817. The van der Waals surface area contributed by atoms with Gasteiger partial charge in [-0.2, -0.15) is 0 Å². The predicted molar refractivity (Wildman–Crippen MR) is 88.1 cm³/mol. The highest BCUT2D eigenvalue weighted by molar-refractivity contribution is 4.91. The second-order valence-electron chi connectivity index (χ2n) is 7.65. The van der Waals surface area contributed by atoms with Crippen LogP contribution in [0.5, 0.6) is 0 Å². The molecule has 1 saturated heterocycles. The summed E-state index contributed by atoms with van der Waals surface area (Å²) >= 11 is 0. The second kappa shape index (κ2) is 7.79. The second-order valence-corrected chi connectivity index (χ2v) is 7.65. The summed E-state index contributed by atoms with van der Waals surface area (Å²) in [5.74, 6) is 0.921. The molecule has 1 saturated carbocycles. The van der Waals surface area contributed by atoms with E-state index >= 15 is 0 Å². The lowest BCUT2D eigenvalue weighted by atomic mass is 9.69. The zero-order chi connectivity index (χ0) is 14.4. The first kappa shape index (κ1) is 16.3. The summed E-state index contributed by atoms with van der Waals surface area (Å²) in [5.41, 5.74) is 0.548. The van der Waals surface area contributed by atoms with Gasteiger partial charge in [0, 0.05) is 19.1 Å². The molecule has 0 aromatic carbocycles. The first-order chi connectivity index (χ1) is 9.65. The highest BCUT2D eigenvalue weighted by Gasteiger charge is 2.37. The van der Waals surface area contributed by atoms with E-state index < -0.39 is 0 Å². The summed E-state index contributed by atoms with van der Waals surface area (Å²) in [4.78, 5) is 2.82. The highest BCUT2D eigenvalue weighted by atomic mass is 15.2. The van der Waals surface area contributed by atoms with Gasteiger partial charge >= 0.3 is 0 Å². The maximum absolute atomic E-state index is 3.67. The maximum Gasteiger partial charge on any atom is 0.00671 e. The number of nitrogens with one attached hydrogen (secondary N) is 1. The van der Waals surface area contributed by atoms with Gasteiger partial charge in [-0.3, -0.25) is 0 Å². The molecule has 0 amide bonds. The van der Waals surface area contributed by atoms with Gasteiger partial charge < -0.3 is 10.2 Å². The Hall–Kier alpha value is -0.0800. The molecule has 1 aliphatic carbocycles. The Morgan fingerprint density at radius 3 is 2.70 bits per heavy atom. The van der Waals surface area contributed by atoms with Gasteiger partial charge in [-0.1, -0.05) is 39.5 Å². The molecule has 118 valence electrons. The van der Waals surface area contributed by atoms with Gasteiger partial charge in [0.15, 0.2) is 0 Å². The highest BCUT2D eigenvalue weighted by Crippen LogP contribution is 2.40. The zero-order valence-electron chi connectivity index (χ0n) is 14.1. The fraction of sp³-hybridized carbons (Fsp3) is 1.00. The number of nitrogens with zero attached hydrogens (tertiary/aromatic N) is 1. The topological polar surface area (TPSA) is 15.3 Å². The maximum atomic E-state index is 3.67. The SMILES string of the molecule is CCNCC1(CN2CCCCCC2C)CCCC(C)C1. The van der Waals surface area contributed by atoms with Crippen LogP contribution in [0.25, 0.3) is 0 Å². The Morgan fingerprint density at radius 2 is 1.95 bits per heavy atom. The first-order valence-corrected chi connectivity index (χ1v) is 9.10. The molecule has 1 heterocycles. The van der Waals surface area contributed by atoms with Crippen molar-refractivity contribution < 1.29 is 0 Å². The molecule has 2 heteroatoms. The summed E-state index contributed by atoms with van der Waals surface area (Å²) in [6.07, 6.45) is 11.5. The van der Waals surface area contributed by atoms with Crippen molar-refractivity contribution in [3.05, 3.63) is 0 Å². The number of hydrogen-bond acceptors (Lipinski definition) is 2. The molecule has 3 unspecified atom stereocenters. The van der Waals surface area contributed by atoms with Crippen molar-refractivity contribution in [1.29, 1.82) is 0 Å². The van der Waals surface area contributed by atoms with Gasteiger partial charge in [-0.15, -0.1) is 0 Å². The number of hydrogen-bond donors (Lipinski definition) is 1. The summed E-state index contributed by atoms with van der Waals surface area (Å²) in [5, 5.41) is 3.67. The minimum Gasteiger partial charge on any atom is -0.316 e. The van der Waals surface area contributed by atoms with Crippen molar-refractivity contribution in [1.82, 2.24) is 10.2 Å². The van der Waals surface area contributed by atoms with E-state index in [2.05, 4.69) is 31.0 Å². The van der Waals surface area contributed by atoms with E-state index in [-0.39, 0.29) is 0 Å². The monoisotopic (exact) mass is 280 g/mol. The van der Waals surface area contributed by atoms with E-state index in [1.54, 1.807) is 0 Å². The standard InChI is InChI=1S/C18H36N2/c1-4-19-14-18(11-8-9-16(2)13-18)15-20-12-7-5-6-10-17(20)3/h16-17,19H,4-15H2,1-3H3. The Bertz CT molecular complexity index is 279. The van der Waals surface area contributed by atoms with Crippen molar-refractivity contribution >= 4 is 0 Å². The molecule has 1 aliphatic heterocycles. The molecule has 0 aromatic heterocycles. The zero-order valence-corrected chi connectivity index (χ0v) is 14.1. The van der Waals surface area contributed by atoms with Crippen LogP contribution in [0.2, 0.25) is 0 Å². The van der Waals surface area contributed by atoms with Crippen LogP contribution in [0.1, 0.15) is 72.1 Å². The Balaban J connectivity index is 2.01. The van der Waals surface area contributed by atoms with Crippen molar-refractivity contribution in [2.45, 2.75) is 78.2 Å². The molecule has 3 atom stereocenters. The van der Waals surface area contributed by atoms with Crippen LogP contribution in [0.3, 0.4) is 0 Å². The summed E-state index contributed by atoms with van der Waals surface area (Å²) in [6.45, 7) is 12.2. The van der Waals surface area contributed by atoms with Crippen LogP contribution in [0.4, 0.5) is 0 Å². The van der Waals surface area contributed by atoms with Crippen LogP contribution in [0, 0.1) is 11.3 Å². The molecule has 0 aromatic rings. The molecule has 2 fully saturated rings. The van der Waals surface area contributed by atoms with Crippen molar-refractivity contribution in [3.8, 4) is 0 Å². The number of likely N-dealkylation sites (tertiary alicyclic amines) is 1. The van der Waals surface area contributed by atoms with Gasteiger partial charge in [0.1, 0.15) is 0 Å². The Morgan fingerprint density at radius 1 is 1.10 bits per heavy atom. The molecular weight excluding hydrogens is 244 g/mol. The third-order valence-electron chi connectivity index (χ3n) is 5.66. The molecule has 2 nitrogen and oxygen atoms in total. The Kier molecular flexibility index (Phi) is 6.35. The van der Waals surface area contributed by atoms with Gasteiger partial charge in [0.25, 0.3) is 0 Å². The molecule has 0 bridgehead atoms. The largest absolute Gasteiger partial charge is 0.316 e. The van der Waals surface area contributed by atoms with E-state index in [0.717, 1.165) is 18.5 Å². The molecule has 2 aliphatic rings.